The first-order valence-corrected chi connectivity index (χ1v) is 7.46. The molecule has 1 saturated heterocycles. The largest absolute Gasteiger partial charge is 0.471 e. The van der Waals surface area contributed by atoms with Gasteiger partial charge in [0.15, 0.2) is 0 Å². The third-order valence-corrected chi connectivity index (χ3v) is 4.04. The Morgan fingerprint density at radius 3 is 2.43 bits per heavy atom. The molecule has 1 aliphatic heterocycles. The van der Waals surface area contributed by atoms with Crippen molar-refractivity contribution in [1.82, 2.24) is 15.0 Å². The molecule has 7 heteroatoms. The maximum atomic E-state index is 12.5. The fourth-order valence-electron chi connectivity index (χ4n) is 2.83. The van der Waals surface area contributed by atoms with Crippen LogP contribution in [0.3, 0.4) is 0 Å². The Balaban J connectivity index is 1.69. The molecule has 0 spiro atoms. The second-order valence-corrected chi connectivity index (χ2v) is 6.74. The highest BCUT2D eigenvalue weighted by Gasteiger charge is 2.38. The number of aromatic nitrogens is 2. The number of nitrogens with zero attached hydrogens (tertiary/aromatic N) is 3. The normalized spacial score (nSPS) is 18.5. The van der Waals surface area contributed by atoms with E-state index in [0.717, 1.165) is 25.2 Å². The molecule has 0 N–H and O–H groups in total. The molecule has 4 nitrogen and oxygen atoms in total. The maximum Gasteiger partial charge on any atom is 0.471 e. The van der Waals surface area contributed by atoms with Gasteiger partial charge in [0.05, 0.1) is 0 Å². The SMILES string of the molecule is CC1(C)CCN(Cc2ccc(-c3noc(C(F)(F)F)n3)cc2)C1. The zero-order valence-corrected chi connectivity index (χ0v) is 13.0. The van der Waals surface area contributed by atoms with E-state index in [1.165, 1.54) is 6.42 Å². The van der Waals surface area contributed by atoms with Gasteiger partial charge in [-0.05, 0) is 23.9 Å². The monoisotopic (exact) mass is 325 g/mol. The smallest absolute Gasteiger partial charge is 0.329 e. The molecule has 2 heterocycles. The summed E-state index contributed by atoms with van der Waals surface area (Å²) in [4.78, 5) is 5.77. The van der Waals surface area contributed by atoms with Gasteiger partial charge in [0.25, 0.3) is 0 Å². The first kappa shape index (κ1) is 16.0. The second-order valence-electron chi connectivity index (χ2n) is 6.74. The van der Waals surface area contributed by atoms with E-state index in [1.807, 2.05) is 12.1 Å². The molecule has 0 radical (unpaired) electrons. The summed E-state index contributed by atoms with van der Waals surface area (Å²) < 4.78 is 41.7. The van der Waals surface area contributed by atoms with Gasteiger partial charge in [-0.2, -0.15) is 18.2 Å². The number of likely N-dealkylation sites (tertiary alicyclic amines) is 1. The van der Waals surface area contributed by atoms with Crippen LogP contribution in [-0.2, 0) is 12.7 Å². The molecule has 0 unspecified atom stereocenters. The molecule has 1 aromatic carbocycles. The van der Waals surface area contributed by atoms with E-state index in [-0.39, 0.29) is 5.82 Å². The van der Waals surface area contributed by atoms with Crippen LogP contribution < -0.4 is 0 Å². The van der Waals surface area contributed by atoms with Crippen molar-refractivity contribution in [1.29, 1.82) is 0 Å². The predicted octanol–water partition coefficient (Wildman–Crippen LogP) is 3.99. The minimum absolute atomic E-state index is 0.0498. The van der Waals surface area contributed by atoms with E-state index in [9.17, 15) is 13.2 Å². The highest BCUT2D eigenvalue weighted by molar-refractivity contribution is 5.54. The average molecular weight is 325 g/mol. The Hall–Kier alpha value is -1.89. The Morgan fingerprint density at radius 1 is 1.22 bits per heavy atom. The minimum atomic E-state index is -4.62. The van der Waals surface area contributed by atoms with Crippen LogP contribution in [-0.4, -0.2) is 28.1 Å². The first-order valence-electron chi connectivity index (χ1n) is 7.46. The van der Waals surface area contributed by atoms with Crippen molar-refractivity contribution < 1.29 is 17.7 Å². The molecule has 1 aromatic heterocycles. The molecule has 0 saturated carbocycles. The molecule has 2 aromatic rings. The summed E-state index contributed by atoms with van der Waals surface area (Å²) in [5.74, 6) is -1.37. The molecule has 0 bridgehead atoms. The van der Waals surface area contributed by atoms with Gasteiger partial charge >= 0.3 is 12.1 Å². The van der Waals surface area contributed by atoms with Crippen LogP contribution in [0.1, 0.15) is 31.7 Å². The highest BCUT2D eigenvalue weighted by Crippen LogP contribution is 2.31. The quantitative estimate of drug-likeness (QED) is 0.856. The molecule has 0 atom stereocenters. The predicted molar refractivity (Wildman–Crippen MR) is 78.4 cm³/mol. The van der Waals surface area contributed by atoms with E-state index in [0.29, 0.717) is 11.0 Å². The molecule has 1 fully saturated rings. The number of benzene rings is 1. The third-order valence-electron chi connectivity index (χ3n) is 4.04. The molecular formula is C16H18F3N3O. The lowest BCUT2D eigenvalue weighted by molar-refractivity contribution is -0.159. The Kier molecular flexibility index (Phi) is 3.91. The van der Waals surface area contributed by atoms with Crippen molar-refractivity contribution in [2.24, 2.45) is 5.41 Å². The molecule has 124 valence electrons. The topological polar surface area (TPSA) is 42.2 Å². The summed E-state index contributed by atoms with van der Waals surface area (Å²) in [5.41, 5.74) is 1.97. The van der Waals surface area contributed by atoms with Crippen LogP contribution in [0.15, 0.2) is 28.8 Å². The highest BCUT2D eigenvalue weighted by atomic mass is 19.4. The van der Waals surface area contributed by atoms with Crippen molar-refractivity contribution in [2.75, 3.05) is 13.1 Å². The zero-order chi connectivity index (χ0) is 16.7. The van der Waals surface area contributed by atoms with E-state index in [4.69, 9.17) is 0 Å². The van der Waals surface area contributed by atoms with Gasteiger partial charge in [-0.1, -0.05) is 43.3 Å². The summed E-state index contributed by atoms with van der Waals surface area (Å²) in [6.45, 7) is 7.46. The van der Waals surface area contributed by atoms with E-state index >= 15 is 0 Å². The van der Waals surface area contributed by atoms with Gasteiger partial charge in [-0.15, -0.1) is 0 Å². The van der Waals surface area contributed by atoms with E-state index < -0.39 is 12.1 Å². The standard InChI is InChI=1S/C16H18F3N3O/c1-15(2)7-8-22(10-15)9-11-3-5-12(6-4-11)13-20-14(23-21-13)16(17,18)19/h3-6H,7-10H2,1-2H3. The summed E-state index contributed by atoms with van der Waals surface area (Å²) in [6, 6.07) is 7.23. The summed E-state index contributed by atoms with van der Waals surface area (Å²) in [5, 5.41) is 3.39. The lowest BCUT2D eigenvalue weighted by Crippen LogP contribution is -2.22. The third kappa shape index (κ3) is 3.72. The average Bonchev–Trinajstić information content (AvgIpc) is 3.06. The first-order chi connectivity index (χ1) is 10.7. The van der Waals surface area contributed by atoms with E-state index in [2.05, 4.69) is 33.4 Å². The van der Waals surface area contributed by atoms with Crippen LogP contribution in [0, 0.1) is 5.41 Å². The zero-order valence-electron chi connectivity index (χ0n) is 13.0. The summed E-state index contributed by atoms with van der Waals surface area (Å²) in [7, 11) is 0. The molecule has 3 rings (SSSR count). The molecule has 0 amide bonds. The second kappa shape index (κ2) is 5.63. The number of hydrogen-bond donors (Lipinski definition) is 0. The van der Waals surface area contributed by atoms with Crippen LogP contribution in [0.4, 0.5) is 13.2 Å². The number of halogens is 3. The fourth-order valence-corrected chi connectivity index (χ4v) is 2.83. The molecule has 1 aliphatic rings. The minimum Gasteiger partial charge on any atom is -0.329 e. The molecule has 0 aliphatic carbocycles. The van der Waals surface area contributed by atoms with Crippen molar-refractivity contribution >= 4 is 0 Å². The van der Waals surface area contributed by atoms with Gasteiger partial charge in [-0.3, -0.25) is 4.90 Å². The van der Waals surface area contributed by atoms with Crippen molar-refractivity contribution in [3.63, 3.8) is 0 Å². The van der Waals surface area contributed by atoms with Crippen LogP contribution in [0.2, 0.25) is 0 Å². The van der Waals surface area contributed by atoms with Gasteiger partial charge in [-0.25, -0.2) is 0 Å². The summed E-state index contributed by atoms with van der Waals surface area (Å²) in [6.07, 6.45) is -3.44. The van der Waals surface area contributed by atoms with Gasteiger partial charge in [0, 0.05) is 18.7 Å². The van der Waals surface area contributed by atoms with Gasteiger partial charge in [0.2, 0.25) is 5.82 Å². The lowest BCUT2D eigenvalue weighted by atomic mass is 9.93. The maximum absolute atomic E-state index is 12.5. The van der Waals surface area contributed by atoms with Crippen LogP contribution in [0.5, 0.6) is 0 Å². The Labute approximate surface area is 132 Å². The van der Waals surface area contributed by atoms with Crippen LogP contribution >= 0.6 is 0 Å². The van der Waals surface area contributed by atoms with Gasteiger partial charge in [0.1, 0.15) is 0 Å². The Bertz CT molecular complexity index is 677. The molecular weight excluding hydrogens is 307 g/mol. The summed E-state index contributed by atoms with van der Waals surface area (Å²) >= 11 is 0. The molecule has 23 heavy (non-hydrogen) atoms. The van der Waals surface area contributed by atoms with Crippen LogP contribution in [0.25, 0.3) is 11.4 Å². The van der Waals surface area contributed by atoms with Crippen molar-refractivity contribution in [3.8, 4) is 11.4 Å². The van der Waals surface area contributed by atoms with Crippen molar-refractivity contribution in [3.05, 3.63) is 35.7 Å². The van der Waals surface area contributed by atoms with Crippen molar-refractivity contribution in [2.45, 2.75) is 33.0 Å². The lowest BCUT2D eigenvalue weighted by Gasteiger charge is -2.19. The number of hydrogen-bond acceptors (Lipinski definition) is 4. The van der Waals surface area contributed by atoms with Gasteiger partial charge < -0.3 is 4.52 Å². The van der Waals surface area contributed by atoms with E-state index in [1.54, 1.807) is 12.1 Å². The number of rotatable bonds is 3. The fraction of sp³-hybridized carbons (Fsp3) is 0.500. The number of alkyl halides is 3. The Morgan fingerprint density at radius 2 is 1.91 bits per heavy atom.